The van der Waals surface area contributed by atoms with E-state index in [4.69, 9.17) is 14.4 Å². The van der Waals surface area contributed by atoms with Crippen LogP contribution in [0.5, 0.6) is 0 Å². The summed E-state index contributed by atoms with van der Waals surface area (Å²) in [6.45, 7) is 2.31. The lowest BCUT2D eigenvalue weighted by Gasteiger charge is -2.13. The molecule has 0 amide bonds. The zero-order valence-corrected chi connectivity index (χ0v) is 12.0. The molecule has 2 aromatic rings. The number of nitrogens with zero attached hydrogens (tertiary/aromatic N) is 3. The first kappa shape index (κ1) is 14.5. The minimum Gasteiger partial charge on any atom is -0.477 e. The minimum atomic E-state index is -1.05. The molecular weight excluding hydrogens is 288 g/mol. The lowest BCUT2D eigenvalue weighted by Crippen LogP contribution is -2.20. The molecule has 2 N–H and O–H groups in total. The highest BCUT2D eigenvalue weighted by molar-refractivity contribution is 5.85. The molecule has 0 aromatic carbocycles. The van der Waals surface area contributed by atoms with Gasteiger partial charge in [0.1, 0.15) is 11.9 Å². The minimum absolute atomic E-state index is 0.00695. The lowest BCUT2D eigenvalue weighted by atomic mass is 10.2. The second kappa shape index (κ2) is 6.10. The molecule has 1 saturated heterocycles. The van der Waals surface area contributed by atoms with Gasteiger partial charge in [0.2, 0.25) is 0 Å². The van der Waals surface area contributed by atoms with Crippen LogP contribution in [0.2, 0.25) is 0 Å². The molecule has 1 fully saturated rings. The number of anilines is 1. The van der Waals surface area contributed by atoms with E-state index in [1.165, 1.54) is 6.07 Å². The van der Waals surface area contributed by atoms with E-state index in [1.807, 2.05) is 0 Å². The highest BCUT2D eigenvalue weighted by Crippen LogP contribution is 2.31. The SMILES string of the molecule is Cc1noc([C@@H]2CC[C@H](CNc3cccc(C(=O)O)n3)O2)n1. The van der Waals surface area contributed by atoms with Crippen LogP contribution in [0.25, 0.3) is 0 Å². The molecule has 22 heavy (non-hydrogen) atoms. The maximum absolute atomic E-state index is 10.9. The summed E-state index contributed by atoms with van der Waals surface area (Å²) >= 11 is 0. The Morgan fingerprint density at radius 1 is 1.41 bits per heavy atom. The first-order valence-corrected chi connectivity index (χ1v) is 7.01. The average molecular weight is 304 g/mol. The molecule has 3 heterocycles. The molecule has 0 saturated carbocycles. The van der Waals surface area contributed by atoms with Gasteiger partial charge in [-0.3, -0.25) is 0 Å². The fourth-order valence-electron chi connectivity index (χ4n) is 2.35. The van der Waals surface area contributed by atoms with Gasteiger partial charge in [-0.2, -0.15) is 4.98 Å². The van der Waals surface area contributed by atoms with Crippen LogP contribution in [-0.4, -0.2) is 38.8 Å². The van der Waals surface area contributed by atoms with Gasteiger partial charge in [-0.1, -0.05) is 11.2 Å². The second-order valence-electron chi connectivity index (χ2n) is 5.10. The standard InChI is InChI=1S/C14H16N4O4/c1-8-16-13(22-18-8)11-6-5-9(21-11)7-15-12-4-2-3-10(17-12)14(19)20/h2-4,9,11H,5-7H2,1H3,(H,15,17)(H,19,20)/t9-,11+/m1/s1. The fraction of sp³-hybridized carbons (Fsp3) is 0.429. The van der Waals surface area contributed by atoms with Crippen molar-refractivity contribution in [1.29, 1.82) is 0 Å². The third-order valence-corrected chi connectivity index (χ3v) is 3.41. The number of ether oxygens (including phenoxy) is 1. The van der Waals surface area contributed by atoms with E-state index in [9.17, 15) is 4.79 Å². The number of hydrogen-bond donors (Lipinski definition) is 2. The van der Waals surface area contributed by atoms with Gasteiger partial charge in [0.05, 0.1) is 6.10 Å². The predicted octanol–water partition coefficient (Wildman–Crippen LogP) is 1.80. The number of pyridine rings is 1. The Morgan fingerprint density at radius 3 is 3.00 bits per heavy atom. The number of aryl methyl sites for hydroxylation is 1. The monoisotopic (exact) mass is 304 g/mol. The highest BCUT2D eigenvalue weighted by Gasteiger charge is 2.30. The first-order valence-electron chi connectivity index (χ1n) is 7.01. The summed E-state index contributed by atoms with van der Waals surface area (Å²) in [5, 5.41) is 15.8. The Balaban J connectivity index is 1.54. The first-order chi connectivity index (χ1) is 10.6. The number of nitrogens with one attached hydrogen (secondary N) is 1. The molecule has 8 nitrogen and oxygen atoms in total. The Labute approximate surface area is 126 Å². The molecule has 0 aliphatic carbocycles. The van der Waals surface area contributed by atoms with Crippen molar-refractivity contribution >= 4 is 11.8 Å². The van der Waals surface area contributed by atoms with Crippen LogP contribution in [0.3, 0.4) is 0 Å². The number of carboxylic acids is 1. The Morgan fingerprint density at radius 2 is 2.27 bits per heavy atom. The van der Waals surface area contributed by atoms with E-state index in [1.54, 1.807) is 19.1 Å². The van der Waals surface area contributed by atoms with E-state index in [0.717, 1.165) is 12.8 Å². The van der Waals surface area contributed by atoms with Crippen LogP contribution in [-0.2, 0) is 4.74 Å². The lowest BCUT2D eigenvalue weighted by molar-refractivity contribution is 0.0326. The van der Waals surface area contributed by atoms with E-state index in [0.29, 0.717) is 24.1 Å². The molecule has 0 spiro atoms. The quantitative estimate of drug-likeness (QED) is 0.860. The zero-order chi connectivity index (χ0) is 15.5. The van der Waals surface area contributed by atoms with E-state index >= 15 is 0 Å². The molecule has 1 aliphatic heterocycles. The number of carboxylic acid groups (broad SMARTS) is 1. The summed E-state index contributed by atoms with van der Waals surface area (Å²) in [7, 11) is 0. The molecule has 116 valence electrons. The van der Waals surface area contributed by atoms with Gasteiger partial charge in [-0.05, 0) is 31.9 Å². The number of aromatic nitrogens is 3. The van der Waals surface area contributed by atoms with Crippen molar-refractivity contribution in [2.75, 3.05) is 11.9 Å². The Kier molecular flexibility index (Phi) is 4.01. The van der Waals surface area contributed by atoms with Gasteiger partial charge in [-0.15, -0.1) is 0 Å². The third kappa shape index (κ3) is 3.22. The molecule has 2 atom stereocenters. The molecule has 0 bridgehead atoms. The summed E-state index contributed by atoms with van der Waals surface area (Å²) in [5.41, 5.74) is 0.0107. The number of aromatic carboxylic acids is 1. The maximum Gasteiger partial charge on any atom is 0.354 e. The van der Waals surface area contributed by atoms with E-state index in [-0.39, 0.29) is 17.9 Å². The molecule has 3 rings (SSSR count). The van der Waals surface area contributed by atoms with Crippen LogP contribution >= 0.6 is 0 Å². The smallest absolute Gasteiger partial charge is 0.354 e. The van der Waals surface area contributed by atoms with Crippen LogP contribution in [0.15, 0.2) is 22.7 Å². The molecule has 0 unspecified atom stereocenters. The highest BCUT2D eigenvalue weighted by atomic mass is 16.5. The maximum atomic E-state index is 10.9. The van der Waals surface area contributed by atoms with Crippen LogP contribution in [0.4, 0.5) is 5.82 Å². The van der Waals surface area contributed by atoms with Crippen LogP contribution in [0, 0.1) is 6.92 Å². The van der Waals surface area contributed by atoms with Gasteiger partial charge in [0, 0.05) is 6.54 Å². The second-order valence-corrected chi connectivity index (χ2v) is 5.10. The van der Waals surface area contributed by atoms with Crippen molar-refractivity contribution in [1.82, 2.24) is 15.1 Å². The molecular formula is C14H16N4O4. The molecule has 1 aliphatic rings. The van der Waals surface area contributed by atoms with Crippen molar-refractivity contribution in [2.24, 2.45) is 0 Å². The van der Waals surface area contributed by atoms with E-state index in [2.05, 4.69) is 20.4 Å². The van der Waals surface area contributed by atoms with Gasteiger partial charge in [0.25, 0.3) is 5.89 Å². The van der Waals surface area contributed by atoms with Crippen molar-refractivity contribution in [3.8, 4) is 0 Å². The normalized spacial score (nSPS) is 21.0. The van der Waals surface area contributed by atoms with Crippen molar-refractivity contribution in [2.45, 2.75) is 32.0 Å². The molecule has 0 radical (unpaired) electrons. The number of rotatable bonds is 5. The summed E-state index contributed by atoms with van der Waals surface area (Å²) in [6, 6.07) is 4.83. The van der Waals surface area contributed by atoms with Gasteiger partial charge < -0.3 is 19.7 Å². The third-order valence-electron chi connectivity index (χ3n) is 3.41. The molecule has 8 heteroatoms. The Hall–Kier alpha value is -2.48. The number of carbonyl (C=O) groups is 1. The van der Waals surface area contributed by atoms with Crippen molar-refractivity contribution in [3.05, 3.63) is 35.6 Å². The van der Waals surface area contributed by atoms with Gasteiger partial charge in [-0.25, -0.2) is 9.78 Å². The summed E-state index contributed by atoms with van der Waals surface area (Å²) in [4.78, 5) is 19.1. The summed E-state index contributed by atoms with van der Waals surface area (Å²) in [6.07, 6.45) is 1.49. The largest absolute Gasteiger partial charge is 0.477 e. The van der Waals surface area contributed by atoms with Crippen molar-refractivity contribution < 1.29 is 19.2 Å². The van der Waals surface area contributed by atoms with Gasteiger partial charge in [0.15, 0.2) is 11.5 Å². The number of hydrogen-bond acceptors (Lipinski definition) is 7. The van der Waals surface area contributed by atoms with Crippen molar-refractivity contribution in [3.63, 3.8) is 0 Å². The molecule has 2 aromatic heterocycles. The van der Waals surface area contributed by atoms with Gasteiger partial charge >= 0.3 is 5.97 Å². The Bertz CT molecular complexity index is 672. The average Bonchev–Trinajstić information content (AvgIpc) is 3.14. The summed E-state index contributed by atoms with van der Waals surface area (Å²) in [5.74, 6) is 0.564. The zero-order valence-electron chi connectivity index (χ0n) is 12.0. The van der Waals surface area contributed by atoms with Crippen LogP contribution < -0.4 is 5.32 Å². The predicted molar refractivity (Wildman–Crippen MR) is 75.6 cm³/mol. The van der Waals surface area contributed by atoms with Crippen LogP contribution in [0.1, 0.15) is 41.1 Å². The van der Waals surface area contributed by atoms with E-state index < -0.39 is 5.97 Å². The fourth-order valence-corrected chi connectivity index (χ4v) is 2.35. The topological polar surface area (TPSA) is 110 Å². The summed E-state index contributed by atoms with van der Waals surface area (Å²) < 4.78 is 11.0.